The summed E-state index contributed by atoms with van der Waals surface area (Å²) in [6, 6.07) is 7.46. The summed E-state index contributed by atoms with van der Waals surface area (Å²) < 4.78 is 6.06. The fraction of sp³-hybridized carbons (Fsp3) is 0.0625. The Labute approximate surface area is 145 Å². The maximum atomic E-state index is 12.0. The third-order valence-corrected chi connectivity index (χ3v) is 3.61. The first-order valence-electron chi connectivity index (χ1n) is 7.07. The number of halogens is 1. The van der Waals surface area contributed by atoms with Crippen molar-refractivity contribution >= 4 is 23.5 Å². The van der Waals surface area contributed by atoms with E-state index in [1.807, 2.05) is 0 Å². The minimum Gasteiger partial charge on any atom is -0.506 e. The number of aliphatic imine (C=N–C) groups is 1. The van der Waals surface area contributed by atoms with Gasteiger partial charge in [0.1, 0.15) is 22.8 Å². The summed E-state index contributed by atoms with van der Waals surface area (Å²) in [7, 11) is 0. The van der Waals surface area contributed by atoms with Crippen LogP contribution in [0.25, 0.3) is 0 Å². The topological polar surface area (TPSA) is 121 Å². The van der Waals surface area contributed by atoms with E-state index in [0.717, 1.165) is 10.8 Å². The molecule has 3 rings (SSSR count). The van der Waals surface area contributed by atoms with Crippen LogP contribution in [0.4, 0.5) is 5.69 Å². The van der Waals surface area contributed by atoms with Crippen LogP contribution in [0.1, 0.15) is 11.3 Å². The van der Waals surface area contributed by atoms with Gasteiger partial charge in [0.15, 0.2) is 0 Å². The van der Waals surface area contributed by atoms with E-state index in [0.29, 0.717) is 10.8 Å². The molecule has 2 aromatic heterocycles. The lowest BCUT2D eigenvalue weighted by molar-refractivity contribution is 0.392. The number of phenols is 1. The molecule has 3 aromatic rings. The Morgan fingerprint density at radius 2 is 2.08 bits per heavy atom. The summed E-state index contributed by atoms with van der Waals surface area (Å²) in [6.45, 7) is -0.0717. The number of H-pyrrole nitrogens is 1. The largest absolute Gasteiger partial charge is 0.506 e. The van der Waals surface area contributed by atoms with Crippen LogP contribution in [0.15, 0.2) is 55.6 Å². The lowest BCUT2D eigenvalue weighted by Crippen LogP contribution is -2.32. The Morgan fingerprint density at radius 3 is 2.80 bits per heavy atom. The van der Waals surface area contributed by atoms with Crippen molar-refractivity contribution in [2.24, 2.45) is 4.99 Å². The molecule has 0 spiro atoms. The number of aromatic amines is 1. The van der Waals surface area contributed by atoms with E-state index in [1.165, 1.54) is 24.5 Å². The summed E-state index contributed by atoms with van der Waals surface area (Å²) in [4.78, 5) is 29.9. The van der Waals surface area contributed by atoms with Gasteiger partial charge in [0.2, 0.25) is 5.88 Å². The molecule has 0 unspecified atom stereocenters. The lowest BCUT2D eigenvalue weighted by Gasteiger charge is -2.08. The van der Waals surface area contributed by atoms with Crippen LogP contribution < -0.4 is 11.2 Å². The average molecular weight is 362 g/mol. The standard InChI is InChI=1S/C16H12ClN3O5/c17-9-3-4-13(21)12(6-9)18-7-11-14(22)19-16(24)20(15(11)23)8-10-2-1-5-25-10/h1-7,21,23H,8H2,(H,19,22,24). The zero-order valence-corrected chi connectivity index (χ0v) is 13.4. The van der Waals surface area contributed by atoms with Gasteiger partial charge in [-0.15, -0.1) is 0 Å². The zero-order chi connectivity index (χ0) is 18.0. The molecular formula is C16H12ClN3O5. The molecule has 0 bridgehead atoms. The van der Waals surface area contributed by atoms with Crippen LogP contribution in [0.3, 0.4) is 0 Å². The van der Waals surface area contributed by atoms with Crippen LogP contribution in [0.5, 0.6) is 11.6 Å². The Kier molecular flexibility index (Phi) is 4.44. The van der Waals surface area contributed by atoms with E-state index < -0.39 is 17.1 Å². The van der Waals surface area contributed by atoms with Crippen LogP contribution >= 0.6 is 11.6 Å². The molecule has 0 amide bonds. The molecule has 9 heteroatoms. The summed E-state index contributed by atoms with van der Waals surface area (Å²) in [5, 5.41) is 20.3. The first-order valence-corrected chi connectivity index (χ1v) is 7.44. The minimum absolute atomic E-state index is 0.0717. The highest BCUT2D eigenvalue weighted by molar-refractivity contribution is 6.30. The van der Waals surface area contributed by atoms with Crippen molar-refractivity contribution in [3.8, 4) is 11.6 Å². The first kappa shape index (κ1) is 16.6. The molecule has 0 saturated carbocycles. The molecule has 0 aliphatic carbocycles. The Bertz CT molecular complexity index is 1050. The molecule has 0 radical (unpaired) electrons. The van der Waals surface area contributed by atoms with Gasteiger partial charge in [0, 0.05) is 11.2 Å². The van der Waals surface area contributed by atoms with E-state index in [4.69, 9.17) is 16.0 Å². The number of hydrogen-bond acceptors (Lipinski definition) is 6. The first-order chi connectivity index (χ1) is 12.0. The number of rotatable bonds is 4. The van der Waals surface area contributed by atoms with Crippen molar-refractivity contribution in [2.75, 3.05) is 0 Å². The van der Waals surface area contributed by atoms with Gasteiger partial charge in [0.25, 0.3) is 5.56 Å². The third-order valence-electron chi connectivity index (χ3n) is 3.37. The summed E-state index contributed by atoms with van der Waals surface area (Å²) in [5.74, 6) is -0.310. The normalized spacial score (nSPS) is 11.2. The predicted octanol–water partition coefficient (Wildman–Crippen LogP) is 1.99. The maximum absolute atomic E-state index is 12.0. The van der Waals surface area contributed by atoms with E-state index >= 15 is 0 Å². The maximum Gasteiger partial charge on any atom is 0.331 e. The van der Waals surface area contributed by atoms with E-state index in [2.05, 4.69) is 9.98 Å². The quantitative estimate of drug-likeness (QED) is 0.614. The lowest BCUT2D eigenvalue weighted by atomic mass is 10.3. The smallest absolute Gasteiger partial charge is 0.331 e. The number of aromatic hydroxyl groups is 2. The van der Waals surface area contributed by atoms with Crippen molar-refractivity contribution in [3.63, 3.8) is 0 Å². The molecule has 8 nitrogen and oxygen atoms in total. The zero-order valence-electron chi connectivity index (χ0n) is 12.6. The molecular weight excluding hydrogens is 350 g/mol. The van der Waals surface area contributed by atoms with Gasteiger partial charge in [-0.1, -0.05) is 11.6 Å². The molecule has 1 aromatic carbocycles. The fourth-order valence-corrected chi connectivity index (χ4v) is 2.30. The number of phenolic OH excluding ortho intramolecular Hbond substituents is 1. The van der Waals surface area contributed by atoms with Gasteiger partial charge in [-0.2, -0.15) is 0 Å². The second kappa shape index (κ2) is 6.70. The van der Waals surface area contributed by atoms with Crippen molar-refractivity contribution in [2.45, 2.75) is 6.54 Å². The molecule has 0 atom stereocenters. The molecule has 0 fully saturated rings. The number of furan rings is 1. The Balaban J connectivity index is 2.04. The minimum atomic E-state index is -0.816. The number of nitrogens with zero attached hydrogens (tertiary/aromatic N) is 2. The third kappa shape index (κ3) is 3.48. The second-order valence-corrected chi connectivity index (χ2v) is 5.49. The predicted molar refractivity (Wildman–Crippen MR) is 91.2 cm³/mol. The van der Waals surface area contributed by atoms with Gasteiger partial charge >= 0.3 is 5.69 Å². The summed E-state index contributed by atoms with van der Waals surface area (Å²) in [6.07, 6.45) is 2.46. The van der Waals surface area contributed by atoms with Crippen LogP contribution in [0, 0.1) is 0 Å². The van der Waals surface area contributed by atoms with E-state index in [-0.39, 0.29) is 23.5 Å². The number of hydrogen-bond donors (Lipinski definition) is 3. The molecule has 25 heavy (non-hydrogen) atoms. The molecule has 2 heterocycles. The van der Waals surface area contributed by atoms with Gasteiger partial charge in [-0.3, -0.25) is 19.3 Å². The number of aromatic nitrogens is 2. The van der Waals surface area contributed by atoms with E-state index in [1.54, 1.807) is 12.1 Å². The summed E-state index contributed by atoms with van der Waals surface area (Å²) >= 11 is 5.83. The van der Waals surface area contributed by atoms with Crippen LogP contribution in [-0.4, -0.2) is 26.0 Å². The Morgan fingerprint density at radius 1 is 1.28 bits per heavy atom. The van der Waals surface area contributed by atoms with Gasteiger partial charge in [-0.05, 0) is 30.3 Å². The molecule has 0 aliphatic rings. The van der Waals surface area contributed by atoms with Crippen molar-refractivity contribution in [1.82, 2.24) is 9.55 Å². The highest BCUT2D eigenvalue weighted by Gasteiger charge is 2.14. The SMILES string of the molecule is O=c1[nH]c(=O)n(Cc2ccco2)c(O)c1C=Nc1cc(Cl)ccc1O. The van der Waals surface area contributed by atoms with Gasteiger partial charge < -0.3 is 14.6 Å². The fourth-order valence-electron chi connectivity index (χ4n) is 2.13. The van der Waals surface area contributed by atoms with Crippen molar-refractivity contribution in [1.29, 1.82) is 0 Å². The number of benzene rings is 1. The van der Waals surface area contributed by atoms with Crippen LogP contribution in [-0.2, 0) is 6.54 Å². The van der Waals surface area contributed by atoms with E-state index in [9.17, 15) is 19.8 Å². The van der Waals surface area contributed by atoms with Crippen LogP contribution in [0.2, 0.25) is 5.02 Å². The van der Waals surface area contributed by atoms with Crippen molar-refractivity contribution in [3.05, 3.63) is 73.8 Å². The molecule has 0 saturated heterocycles. The summed E-state index contributed by atoms with van der Waals surface area (Å²) in [5.41, 5.74) is -1.74. The Hall–Kier alpha value is -3.26. The van der Waals surface area contributed by atoms with Gasteiger partial charge in [0.05, 0.1) is 12.8 Å². The molecule has 3 N–H and O–H groups in total. The molecule has 0 aliphatic heterocycles. The highest BCUT2D eigenvalue weighted by Crippen LogP contribution is 2.29. The van der Waals surface area contributed by atoms with Gasteiger partial charge in [-0.25, -0.2) is 4.79 Å². The van der Waals surface area contributed by atoms with Crippen molar-refractivity contribution < 1.29 is 14.6 Å². The molecule has 128 valence electrons. The number of nitrogens with one attached hydrogen (secondary N) is 1. The monoisotopic (exact) mass is 361 g/mol. The highest BCUT2D eigenvalue weighted by atomic mass is 35.5. The second-order valence-electron chi connectivity index (χ2n) is 5.05. The average Bonchev–Trinajstić information content (AvgIpc) is 3.07.